The first-order chi connectivity index (χ1) is 6.31. The molecule has 1 aliphatic carbocycles. The maximum atomic E-state index is 8.51. The highest BCUT2D eigenvalue weighted by Crippen LogP contribution is 2.40. The van der Waals surface area contributed by atoms with Crippen LogP contribution in [0.4, 0.5) is 0 Å². The van der Waals surface area contributed by atoms with Crippen molar-refractivity contribution < 1.29 is 0 Å². The zero-order valence-electron chi connectivity index (χ0n) is 7.36. The molecule has 1 atom stereocenters. The van der Waals surface area contributed by atoms with Gasteiger partial charge in [0, 0.05) is 10.9 Å². The first-order valence-electron chi connectivity index (χ1n) is 4.51. The summed E-state index contributed by atoms with van der Waals surface area (Å²) in [5.41, 5.74) is 7.25. The van der Waals surface area contributed by atoms with Crippen molar-refractivity contribution in [3.63, 3.8) is 0 Å². The van der Waals surface area contributed by atoms with Gasteiger partial charge in [0.25, 0.3) is 0 Å². The van der Waals surface area contributed by atoms with Crippen molar-refractivity contribution in [1.82, 2.24) is 0 Å². The minimum Gasteiger partial charge on any atom is -0.324 e. The Hall–Kier alpha value is -0.850. The lowest BCUT2D eigenvalue weighted by Gasteiger charge is -2.06. The topological polar surface area (TPSA) is 49.8 Å². The molecule has 0 saturated heterocycles. The summed E-state index contributed by atoms with van der Waals surface area (Å²) in [4.78, 5) is 1.13. The Labute approximate surface area is 82.0 Å². The molecule has 1 saturated carbocycles. The first kappa shape index (κ1) is 8.74. The van der Waals surface area contributed by atoms with E-state index < -0.39 is 0 Å². The molecule has 1 fully saturated rings. The molecule has 1 aromatic rings. The highest BCUT2D eigenvalue weighted by atomic mass is 32.1. The Morgan fingerprint density at radius 2 is 2.46 bits per heavy atom. The summed E-state index contributed by atoms with van der Waals surface area (Å²) in [5, 5.41) is 10.6. The van der Waals surface area contributed by atoms with E-state index in [1.165, 1.54) is 18.4 Å². The summed E-state index contributed by atoms with van der Waals surface area (Å²) >= 11 is 1.65. The van der Waals surface area contributed by atoms with Gasteiger partial charge in [0.1, 0.15) is 0 Å². The molecule has 0 radical (unpaired) electrons. The molecule has 0 spiro atoms. The fourth-order valence-electron chi connectivity index (χ4n) is 1.47. The van der Waals surface area contributed by atoms with Crippen LogP contribution in [0.15, 0.2) is 11.4 Å². The molecule has 1 aromatic heterocycles. The zero-order chi connectivity index (χ0) is 9.26. The molecule has 0 aromatic carbocycles. The van der Waals surface area contributed by atoms with Crippen LogP contribution < -0.4 is 5.73 Å². The van der Waals surface area contributed by atoms with Gasteiger partial charge < -0.3 is 5.73 Å². The summed E-state index contributed by atoms with van der Waals surface area (Å²) < 4.78 is 0. The van der Waals surface area contributed by atoms with E-state index in [1.807, 2.05) is 0 Å². The smallest absolute Gasteiger partial charge is 0.0695 e. The third-order valence-corrected chi connectivity index (χ3v) is 3.40. The van der Waals surface area contributed by atoms with Crippen molar-refractivity contribution in [2.45, 2.75) is 25.3 Å². The van der Waals surface area contributed by atoms with Crippen molar-refractivity contribution in [3.05, 3.63) is 21.9 Å². The highest BCUT2D eigenvalue weighted by Gasteiger charge is 2.29. The van der Waals surface area contributed by atoms with Gasteiger partial charge >= 0.3 is 0 Å². The molecule has 2 rings (SSSR count). The lowest BCUT2D eigenvalue weighted by molar-refractivity contribution is 0.635. The van der Waals surface area contributed by atoms with Crippen LogP contribution in [-0.4, -0.2) is 0 Å². The van der Waals surface area contributed by atoms with E-state index in [0.29, 0.717) is 12.3 Å². The molecule has 3 heteroatoms. The summed E-state index contributed by atoms with van der Waals surface area (Å²) in [6.07, 6.45) is 3.05. The van der Waals surface area contributed by atoms with Gasteiger partial charge in [0.15, 0.2) is 0 Å². The lowest BCUT2D eigenvalue weighted by Crippen LogP contribution is -2.10. The number of hydrogen-bond donors (Lipinski definition) is 1. The van der Waals surface area contributed by atoms with Crippen molar-refractivity contribution in [1.29, 1.82) is 5.26 Å². The fourth-order valence-corrected chi connectivity index (χ4v) is 2.34. The largest absolute Gasteiger partial charge is 0.324 e. The Morgan fingerprint density at radius 3 is 3.08 bits per heavy atom. The van der Waals surface area contributed by atoms with E-state index in [1.54, 1.807) is 11.3 Å². The Balaban J connectivity index is 2.08. The molecule has 0 unspecified atom stereocenters. The molecular formula is C10H12N2S. The zero-order valence-corrected chi connectivity index (χ0v) is 8.18. The Kier molecular flexibility index (Phi) is 2.34. The van der Waals surface area contributed by atoms with Crippen molar-refractivity contribution in [2.24, 2.45) is 11.7 Å². The van der Waals surface area contributed by atoms with Crippen LogP contribution in [0, 0.1) is 17.2 Å². The van der Waals surface area contributed by atoms with Gasteiger partial charge in [-0.2, -0.15) is 5.26 Å². The van der Waals surface area contributed by atoms with Gasteiger partial charge in [-0.25, -0.2) is 0 Å². The predicted molar refractivity (Wildman–Crippen MR) is 53.3 cm³/mol. The van der Waals surface area contributed by atoms with Crippen LogP contribution in [-0.2, 0) is 6.42 Å². The molecular weight excluding hydrogens is 180 g/mol. The lowest BCUT2D eigenvalue weighted by atomic mass is 10.1. The maximum absolute atomic E-state index is 8.51. The number of thiophene rings is 1. The van der Waals surface area contributed by atoms with Crippen LogP contribution in [0.1, 0.15) is 29.3 Å². The van der Waals surface area contributed by atoms with Crippen molar-refractivity contribution in [3.8, 4) is 6.07 Å². The first-order valence-corrected chi connectivity index (χ1v) is 5.39. The van der Waals surface area contributed by atoms with Crippen molar-refractivity contribution in [2.75, 3.05) is 0 Å². The molecule has 1 aliphatic rings. The van der Waals surface area contributed by atoms with E-state index in [2.05, 4.69) is 17.5 Å². The van der Waals surface area contributed by atoms with Crippen LogP contribution in [0.25, 0.3) is 0 Å². The third-order valence-electron chi connectivity index (χ3n) is 2.44. The van der Waals surface area contributed by atoms with Gasteiger partial charge in [-0.05, 0) is 35.8 Å². The molecule has 2 N–H and O–H groups in total. The molecule has 68 valence electrons. The molecule has 2 nitrogen and oxygen atoms in total. The summed E-state index contributed by atoms with van der Waals surface area (Å²) in [6.45, 7) is 0. The number of nitrogens with two attached hydrogens (primary N) is 1. The number of nitrogens with zero attached hydrogens (tertiary/aromatic N) is 1. The van der Waals surface area contributed by atoms with E-state index >= 15 is 0 Å². The fraction of sp³-hybridized carbons (Fsp3) is 0.500. The van der Waals surface area contributed by atoms with Crippen LogP contribution in [0.5, 0.6) is 0 Å². The quantitative estimate of drug-likeness (QED) is 0.798. The van der Waals surface area contributed by atoms with E-state index in [9.17, 15) is 0 Å². The maximum Gasteiger partial charge on any atom is 0.0695 e. The average molecular weight is 192 g/mol. The molecule has 0 aliphatic heterocycles. The number of hydrogen-bond acceptors (Lipinski definition) is 3. The number of nitriles is 1. The Morgan fingerprint density at radius 1 is 1.69 bits per heavy atom. The second-order valence-electron chi connectivity index (χ2n) is 3.54. The molecule has 1 heterocycles. The Bertz CT molecular complexity index is 333. The van der Waals surface area contributed by atoms with E-state index in [-0.39, 0.29) is 6.04 Å². The SMILES string of the molecule is N#CCc1cc([C@@H](N)C2CC2)cs1. The van der Waals surface area contributed by atoms with E-state index in [0.717, 1.165) is 4.88 Å². The van der Waals surface area contributed by atoms with Gasteiger partial charge in [-0.15, -0.1) is 11.3 Å². The molecule has 13 heavy (non-hydrogen) atoms. The normalized spacial score (nSPS) is 18.2. The highest BCUT2D eigenvalue weighted by molar-refractivity contribution is 7.10. The monoisotopic (exact) mass is 192 g/mol. The third kappa shape index (κ3) is 1.90. The number of rotatable bonds is 3. The van der Waals surface area contributed by atoms with E-state index in [4.69, 9.17) is 11.0 Å². The summed E-state index contributed by atoms with van der Waals surface area (Å²) in [5.74, 6) is 0.699. The van der Waals surface area contributed by atoms with Crippen LogP contribution in [0.3, 0.4) is 0 Å². The second kappa shape index (κ2) is 3.49. The summed E-state index contributed by atoms with van der Waals surface area (Å²) in [6, 6.07) is 4.44. The second-order valence-corrected chi connectivity index (χ2v) is 4.54. The minimum absolute atomic E-state index is 0.212. The predicted octanol–water partition coefficient (Wildman–Crippen LogP) is 2.22. The van der Waals surface area contributed by atoms with Crippen LogP contribution >= 0.6 is 11.3 Å². The summed E-state index contributed by atoms with van der Waals surface area (Å²) in [7, 11) is 0. The van der Waals surface area contributed by atoms with Crippen LogP contribution in [0.2, 0.25) is 0 Å². The van der Waals surface area contributed by atoms with Gasteiger partial charge in [-0.3, -0.25) is 0 Å². The molecule has 0 bridgehead atoms. The van der Waals surface area contributed by atoms with Gasteiger partial charge in [0.2, 0.25) is 0 Å². The van der Waals surface area contributed by atoms with Gasteiger partial charge in [-0.1, -0.05) is 0 Å². The standard InChI is InChI=1S/C10H12N2S/c11-4-3-9-5-8(6-13-9)10(12)7-1-2-7/h5-7,10H,1-3,12H2/t10-/m0/s1. The molecule has 0 amide bonds. The average Bonchev–Trinajstić information content (AvgIpc) is 2.87. The van der Waals surface area contributed by atoms with Crippen molar-refractivity contribution >= 4 is 11.3 Å². The minimum atomic E-state index is 0.212. The van der Waals surface area contributed by atoms with Gasteiger partial charge in [0.05, 0.1) is 12.5 Å².